The van der Waals surface area contributed by atoms with E-state index in [-0.39, 0.29) is 23.0 Å². The van der Waals surface area contributed by atoms with Crippen LogP contribution in [0.1, 0.15) is 18.9 Å². The van der Waals surface area contributed by atoms with Crippen molar-refractivity contribution in [1.82, 2.24) is 4.31 Å². The van der Waals surface area contributed by atoms with Crippen LogP contribution in [0.25, 0.3) is 0 Å². The number of aryl methyl sites for hydroxylation is 1. The van der Waals surface area contributed by atoms with Crippen LogP contribution in [0, 0.1) is 12.8 Å². The normalized spacial score (nSPS) is 25.4. The van der Waals surface area contributed by atoms with Crippen LogP contribution in [0.2, 0.25) is 0 Å². The summed E-state index contributed by atoms with van der Waals surface area (Å²) in [6, 6.07) is 5.05. The molecular formula is C13H20N2O3S. The Morgan fingerprint density at radius 3 is 2.68 bits per heavy atom. The van der Waals surface area contributed by atoms with E-state index in [2.05, 4.69) is 0 Å². The third-order valence-electron chi connectivity index (χ3n) is 3.72. The molecule has 19 heavy (non-hydrogen) atoms. The Morgan fingerprint density at radius 1 is 1.42 bits per heavy atom. The Labute approximate surface area is 114 Å². The first kappa shape index (κ1) is 14.3. The maximum atomic E-state index is 12.6. The van der Waals surface area contributed by atoms with Gasteiger partial charge in [0.15, 0.2) is 0 Å². The number of β-amino-alcohol motifs (C(OH)–C–C–N with tert-alkyl or cyclic N) is 1. The van der Waals surface area contributed by atoms with Crippen LogP contribution in [-0.2, 0) is 10.0 Å². The molecule has 5 nitrogen and oxygen atoms in total. The molecule has 2 unspecified atom stereocenters. The Balaban J connectivity index is 2.38. The minimum absolute atomic E-state index is 0.126. The molecule has 6 heteroatoms. The lowest BCUT2D eigenvalue weighted by molar-refractivity contribution is 0.0605. The highest BCUT2D eigenvalue weighted by molar-refractivity contribution is 7.89. The number of piperidine rings is 1. The highest BCUT2D eigenvalue weighted by atomic mass is 32.2. The van der Waals surface area contributed by atoms with Crippen LogP contribution in [0.15, 0.2) is 23.1 Å². The number of rotatable bonds is 2. The second kappa shape index (κ2) is 5.11. The molecule has 2 atom stereocenters. The van der Waals surface area contributed by atoms with Gasteiger partial charge in [-0.1, -0.05) is 19.1 Å². The van der Waals surface area contributed by atoms with Crippen molar-refractivity contribution >= 4 is 15.7 Å². The lowest BCUT2D eigenvalue weighted by Gasteiger charge is -2.33. The summed E-state index contributed by atoms with van der Waals surface area (Å²) in [6.07, 6.45) is 0.0420. The van der Waals surface area contributed by atoms with Gasteiger partial charge in [-0.2, -0.15) is 4.31 Å². The summed E-state index contributed by atoms with van der Waals surface area (Å²) in [5.41, 5.74) is 6.70. The fraction of sp³-hybridized carbons (Fsp3) is 0.538. The van der Waals surface area contributed by atoms with Gasteiger partial charge in [0.2, 0.25) is 10.0 Å². The van der Waals surface area contributed by atoms with E-state index in [0.29, 0.717) is 18.5 Å². The van der Waals surface area contributed by atoms with E-state index >= 15 is 0 Å². The second-order valence-corrected chi connectivity index (χ2v) is 7.06. The topological polar surface area (TPSA) is 83.6 Å². The molecule has 0 radical (unpaired) electrons. The SMILES string of the molecule is Cc1cccc(N)c1S(=O)(=O)N1CCC(C)C(O)C1. The van der Waals surface area contributed by atoms with Crippen molar-refractivity contribution in [2.24, 2.45) is 5.92 Å². The molecule has 0 amide bonds. The van der Waals surface area contributed by atoms with Gasteiger partial charge in [0.25, 0.3) is 0 Å². The van der Waals surface area contributed by atoms with Crippen molar-refractivity contribution in [3.8, 4) is 0 Å². The molecule has 1 saturated heterocycles. The zero-order chi connectivity index (χ0) is 14.2. The number of nitrogens with two attached hydrogens (primary N) is 1. The zero-order valence-corrected chi connectivity index (χ0v) is 12.0. The van der Waals surface area contributed by atoms with E-state index in [1.54, 1.807) is 25.1 Å². The van der Waals surface area contributed by atoms with Crippen molar-refractivity contribution < 1.29 is 13.5 Å². The first-order valence-corrected chi connectivity index (χ1v) is 7.81. The van der Waals surface area contributed by atoms with E-state index in [1.165, 1.54) is 4.31 Å². The fourth-order valence-corrected chi connectivity index (χ4v) is 4.19. The Kier molecular flexibility index (Phi) is 3.85. The first-order valence-electron chi connectivity index (χ1n) is 6.37. The Bertz CT molecular complexity index is 551. The van der Waals surface area contributed by atoms with Gasteiger partial charge in [-0.3, -0.25) is 0 Å². The lowest BCUT2D eigenvalue weighted by atomic mass is 9.98. The van der Waals surface area contributed by atoms with Gasteiger partial charge in [-0.15, -0.1) is 0 Å². The van der Waals surface area contributed by atoms with E-state index in [0.717, 1.165) is 0 Å². The van der Waals surface area contributed by atoms with Crippen molar-refractivity contribution in [2.75, 3.05) is 18.8 Å². The third-order valence-corrected chi connectivity index (χ3v) is 5.81. The van der Waals surface area contributed by atoms with E-state index in [1.807, 2.05) is 6.92 Å². The van der Waals surface area contributed by atoms with Gasteiger partial charge in [0.1, 0.15) is 4.90 Å². The van der Waals surface area contributed by atoms with Crippen LogP contribution in [0.4, 0.5) is 5.69 Å². The summed E-state index contributed by atoms with van der Waals surface area (Å²) in [5, 5.41) is 9.86. The summed E-state index contributed by atoms with van der Waals surface area (Å²) in [7, 11) is -3.63. The monoisotopic (exact) mass is 284 g/mol. The average Bonchev–Trinajstić information content (AvgIpc) is 2.32. The highest BCUT2D eigenvalue weighted by Gasteiger charge is 2.34. The number of hydrogen-bond acceptors (Lipinski definition) is 4. The van der Waals surface area contributed by atoms with Crippen LogP contribution >= 0.6 is 0 Å². The van der Waals surface area contributed by atoms with Crippen LogP contribution in [-0.4, -0.2) is 37.0 Å². The van der Waals surface area contributed by atoms with Crippen LogP contribution in [0.5, 0.6) is 0 Å². The molecule has 1 aromatic rings. The second-order valence-electron chi connectivity index (χ2n) is 5.19. The van der Waals surface area contributed by atoms with E-state index < -0.39 is 16.1 Å². The average molecular weight is 284 g/mol. The number of aliphatic hydroxyl groups is 1. The quantitative estimate of drug-likeness (QED) is 0.793. The summed E-state index contributed by atoms with van der Waals surface area (Å²) in [5.74, 6) is 0.126. The summed E-state index contributed by atoms with van der Waals surface area (Å²) >= 11 is 0. The van der Waals surface area contributed by atoms with Crippen molar-refractivity contribution in [2.45, 2.75) is 31.3 Å². The summed E-state index contributed by atoms with van der Waals surface area (Å²) in [4.78, 5) is 0.164. The number of nitrogens with zero attached hydrogens (tertiary/aromatic N) is 1. The molecule has 0 bridgehead atoms. The van der Waals surface area contributed by atoms with Gasteiger partial charge in [0, 0.05) is 13.1 Å². The number of anilines is 1. The molecule has 1 aliphatic rings. The summed E-state index contributed by atoms with van der Waals surface area (Å²) < 4.78 is 26.6. The Morgan fingerprint density at radius 2 is 2.11 bits per heavy atom. The maximum absolute atomic E-state index is 12.6. The zero-order valence-electron chi connectivity index (χ0n) is 11.2. The van der Waals surface area contributed by atoms with Crippen molar-refractivity contribution in [1.29, 1.82) is 0 Å². The van der Waals surface area contributed by atoms with Gasteiger partial charge >= 0.3 is 0 Å². The van der Waals surface area contributed by atoms with Crippen molar-refractivity contribution in [3.63, 3.8) is 0 Å². The first-order chi connectivity index (χ1) is 8.84. The largest absolute Gasteiger partial charge is 0.398 e. The molecule has 0 aliphatic carbocycles. The smallest absolute Gasteiger partial charge is 0.245 e. The molecule has 1 heterocycles. The lowest BCUT2D eigenvalue weighted by Crippen LogP contribution is -2.46. The molecule has 1 aliphatic heterocycles. The van der Waals surface area contributed by atoms with Gasteiger partial charge < -0.3 is 10.8 Å². The molecule has 2 rings (SSSR count). The predicted molar refractivity (Wildman–Crippen MR) is 74.1 cm³/mol. The Hall–Kier alpha value is -1.11. The predicted octanol–water partition coefficient (Wildman–Crippen LogP) is 0.969. The minimum atomic E-state index is -3.63. The molecular weight excluding hydrogens is 264 g/mol. The maximum Gasteiger partial charge on any atom is 0.245 e. The van der Waals surface area contributed by atoms with Gasteiger partial charge in [-0.25, -0.2) is 8.42 Å². The number of aliphatic hydroxyl groups excluding tert-OH is 1. The number of sulfonamides is 1. The molecule has 1 fully saturated rings. The van der Waals surface area contributed by atoms with E-state index in [4.69, 9.17) is 5.73 Å². The molecule has 0 aromatic heterocycles. The molecule has 3 N–H and O–H groups in total. The molecule has 0 saturated carbocycles. The van der Waals surface area contributed by atoms with Gasteiger partial charge in [-0.05, 0) is 30.9 Å². The minimum Gasteiger partial charge on any atom is -0.398 e. The molecule has 0 spiro atoms. The fourth-order valence-electron chi connectivity index (χ4n) is 2.39. The number of nitrogen functional groups attached to an aromatic ring is 1. The van der Waals surface area contributed by atoms with E-state index in [9.17, 15) is 13.5 Å². The van der Waals surface area contributed by atoms with Crippen LogP contribution < -0.4 is 5.73 Å². The third kappa shape index (κ3) is 2.61. The standard InChI is InChI=1S/C13H20N2O3S/c1-9-6-7-15(8-12(9)16)19(17,18)13-10(2)4-3-5-11(13)14/h3-5,9,12,16H,6-8,14H2,1-2H3. The van der Waals surface area contributed by atoms with Gasteiger partial charge in [0.05, 0.1) is 11.8 Å². The van der Waals surface area contributed by atoms with Crippen LogP contribution in [0.3, 0.4) is 0 Å². The summed E-state index contributed by atoms with van der Waals surface area (Å²) in [6.45, 7) is 4.22. The molecule has 1 aromatic carbocycles. The molecule has 106 valence electrons. The highest BCUT2D eigenvalue weighted by Crippen LogP contribution is 2.29. The van der Waals surface area contributed by atoms with Crippen molar-refractivity contribution in [3.05, 3.63) is 23.8 Å². The number of benzene rings is 1. The number of hydrogen-bond donors (Lipinski definition) is 2.